The molecular formula is C45H51N9O4. The van der Waals surface area contributed by atoms with E-state index in [0.29, 0.717) is 69.0 Å². The number of aromatic nitrogens is 4. The number of hydrogen-bond donors (Lipinski definition) is 2. The van der Waals surface area contributed by atoms with Gasteiger partial charge in [0.25, 0.3) is 0 Å². The fourth-order valence-corrected chi connectivity index (χ4v) is 9.50. The van der Waals surface area contributed by atoms with Gasteiger partial charge in [-0.25, -0.2) is 4.52 Å². The zero-order valence-electron chi connectivity index (χ0n) is 32.9. The highest BCUT2D eigenvalue weighted by molar-refractivity contribution is 6.01. The molecule has 7 heterocycles. The molecule has 0 radical (unpaired) electrons. The highest BCUT2D eigenvalue weighted by Crippen LogP contribution is 2.40. The quantitative estimate of drug-likeness (QED) is 0.197. The summed E-state index contributed by atoms with van der Waals surface area (Å²) in [5, 5.41) is 26.5. The Labute approximate surface area is 338 Å². The normalized spacial score (nSPS) is 20.7. The fourth-order valence-electron chi connectivity index (χ4n) is 9.50. The molecule has 4 aliphatic heterocycles. The van der Waals surface area contributed by atoms with E-state index in [9.17, 15) is 19.5 Å². The van der Waals surface area contributed by atoms with Crippen LogP contribution in [0.4, 0.5) is 11.4 Å². The topological polar surface area (TPSA) is 140 Å². The number of piperazine rings is 1. The van der Waals surface area contributed by atoms with Gasteiger partial charge in [-0.15, -0.1) is 0 Å². The number of phenolic OH excluding ortho intramolecular Hbond substituents is 1. The van der Waals surface area contributed by atoms with E-state index in [4.69, 9.17) is 5.10 Å². The number of carbonyl (C=O) groups is 3. The van der Waals surface area contributed by atoms with Gasteiger partial charge < -0.3 is 19.8 Å². The number of nitrogens with one attached hydrogen (secondary N) is 1. The Morgan fingerprint density at radius 1 is 0.810 bits per heavy atom. The number of para-hydroxylation sites is 1. The highest BCUT2D eigenvalue weighted by atomic mass is 16.3. The third-order valence-electron chi connectivity index (χ3n) is 13.1. The summed E-state index contributed by atoms with van der Waals surface area (Å²) in [7, 11) is 0. The van der Waals surface area contributed by atoms with Crippen molar-refractivity contribution in [3.05, 3.63) is 103 Å². The van der Waals surface area contributed by atoms with E-state index < -0.39 is 5.41 Å². The van der Waals surface area contributed by atoms with Gasteiger partial charge in [0.05, 0.1) is 40.1 Å². The molecule has 9 rings (SSSR count). The van der Waals surface area contributed by atoms with Gasteiger partial charge in [-0.1, -0.05) is 30.3 Å². The second-order valence-corrected chi connectivity index (χ2v) is 16.4. The molecule has 4 fully saturated rings. The molecule has 0 unspecified atom stereocenters. The smallest absolute Gasteiger partial charge is 0.235 e. The van der Waals surface area contributed by atoms with Gasteiger partial charge in [0.2, 0.25) is 17.7 Å². The number of phenols is 1. The van der Waals surface area contributed by atoms with Crippen LogP contribution in [0.3, 0.4) is 0 Å². The number of imide groups is 1. The summed E-state index contributed by atoms with van der Waals surface area (Å²) in [5.41, 5.74) is 5.43. The van der Waals surface area contributed by atoms with Crippen LogP contribution >= 0.6 is 0 Å². The van der Waals surface area contributed by atoms with E-state index >= 15 is 0 Å². The van der Waals surface area contributed by atoms with Crippen LogP contribution in [0.5, 0.6) is 5.75 Å². The number of piperidine rings is 3. The van der Waals surface area contributed by atoms with Crippen LogP contribution in [-0.2, 0) is 19.8 Å². The first-order chi connectivity index (χ1) is 28.3. The molecule has 4 aliphatic rings. The van der Waals surface area contributed by atoms with Gasteiger partial charge in [-0.05, 0) is 105 Å². The fraction of sp³-hybridized carbons (Fsp3) is 0.422. The second-order valence-electron chi connectivity index (χ2n) is 16.4. The summed E-state index contributed by atoms with van der Waals surface area (Å²) < 4.78 is 1.88. The number of hydrogen-bond acceptors (Lipinski definition) is 10. The minimum atomic E-state index is -0.731. The molecule has 0 spiro atoms. The lowest BCUT2D eigenvalue weighted by molar-refractivity contribution is -0.140. The molecule has 0 aliphatic carbocycles. The van der Waals surface area contributed by atoms with Crippen molar-refractivity contribution >= 4 is 34.6 Å². The number of amides is 3. The molecular weight excluding hydrogens is 731 g/mol. The molecule has 0 saturated carbocycles. The molecule has 0 bridgehead atoms. The van der Waals surface area contributed by atoms with Gasteiger partial charge in [-0.2, -0.15) is 15.3 Å². The molecule has 3 aromatic heterocycles. The van der Waals surface area contributed by atoms with Crippen molar-refractivity contribution < 1.29 is 19.5 Å². The van der Waals surface area contributed by atoms with Gasteiger partial charge in [0, 0.05) is 76.2 Å². The molecule has 3 amide bonds. The minimum Gasteiger partial charge on any atom is -0.507 e. The Hall–Kier alpha value is -5.82. The lowest BCUT2D eigenvalue weighted by atomic mass is 9.74. The van der Waals surface area contributed by atoms with Crippen LogP contribution in [0.25, 0.3) is 16.8 Å². The van der Waals surface area contributed by atoms with E-state index in [1.54, 1.807) is 18.3 Å². The van der Waals surface area contributed by atoms with Crippen molar-refractivity contribution in [2.45, 2.75) is 56.3 Å². The molecule has 13 nitrogen and oxygen atoms in total. The lowest BCUT2D eigenvalue weighted by Crippen LogP contribution is -2.57. The Balaban J connectivity index is 0.797. The average molecular weight is 782 g/mol. The maximum Gasteiger partial charge on any atom is 0.235 e. The van der Waals surface area contributed by atoms with Crippen molar-refractivity contribution in [2.24, 2.45) is 5.92 Å². The number of pyridine rings is 1. The van der Waals surface area contributed by atoms with Gasteiger partial charge >= 0.3 is 0 Å². The summed E-state index contributed by atoms with van der Waals surface area (Å²) in [5.74, 6) is 0.389. The lowest BCUT2D eigenvalue weighted by Gasteiger charge is -2.45. The van der Waals surface area contributed by atoms with Crippen LogP contribution < -0.4 is 15.1 Å². The maximum absolute atomic E-state index is 14.8. The largest absolute Gasteiger partial charge is 0.507 e. The first-order valence-corrected chi connectivity index (χ1v) is 20.8. The Bertz CT molecular complexity index is 2240. The van der Waals surface area contributed by atoms with E-state index in [2.05, 4.69) is 53.3 Å². The number of benzene rings is 2. The van der Waals surface area contributed by atoms with Crippen molar-refractivity contribution in [3.63, 3.8) is 0 Å². The second kappa shape index (κ2) is 16.2. The summed E-state index contributed by atoms with van der Waals surface area (Å²) in [6.07, 6.45) is 9.39. The molecule has 1 atom stereocenters. The maximum atomic E-state index is 14.8. The molecule has 58 heavy (non-hydrogen) atoms. The predicted octanol–water partition coefficient (Wildman–Crippen LogP) is 5.01. The Kier molecular flexibility index (Phi) is 10.5. The SMILES string of the molecule is O=C1CC[C@H](c2ccc(N3CCC(CCN4CCN(C(=O)C5(c6cc7ccccn7n6)CCN(c6cnnc(-c7ccccc7O)c6)CC5)CC4)CC3)cc2)C(=O)N1. The molecule has 13 heteroatoms. The summed E-state index contributed by atoms with van der Waals surface area (Å²) in [6, 6.07) is 25.6. The van der Waals surface area contributed by atoms with E-state index in [0.717, 1.165) is 74.4 Å². The third-order valence-corrected chi connectivity index (χ3v) is 13.1. The van der Waals surface area contributed by atoms with E-state index in [1.807, 2.05) is 59.2 Å². The van der Waals surface area contributed by atoms with Crippen molar-refractivity contribution in [2.75, 3.05) is 68.7 Å². The summed E-state index contributed by atoms with van der Waals surface area (Å²) in [6.45, 7) is 7.57. The van der Waals surface area contributed by atoms with Crippen LogP contribution in [0.1, 0.15) is 62.1 Å². The number of fused-ring (bicyclic) bond motifs is 1. The standard InChI is InChI=1S/C45H51N9O4/c55-40-7-2-1-6-38(40)39-29-36(31-46-48-39)52-23-17-45(18-24-52,41-30-35-5-3-4-19-54(35)49-41)44(58)53-27-25-50(26-28-53)20-14-32-15-21-51(22-16-32)34-10-8-33(9-11-34)37-12-13-42(56)47-43(37)57/h1-11,19,29-32,37,55H,12-18,20-28H2,(H,47,56,57)/t37-/m1/s1. The van der Waals surface area contributed by atoms with Crippen molar-refractivity contribution in [1.29, 1.82) is 0 Å². The first-order valence-electron chi connectivity index (χ1n) is 20.8. The summed E-state index contributed by atoms with van der Waals surface area (Å²) in [4.78, 5) is 48.0. The third kappa shape index (κ3) is 7.62. The highest BCUT2D eigenvalue weighted by Gasteiger charge is 2.47. The Morgan fingerprint density at radius 3 is 2.29 bits per heavy atom. The van der Waals surface area contributed by atoms with Gasteiger partial charge in [0.1, 0.15) is 5.75 Å². The first kappa shape index (κ1) is 37.7. The zero-order valence-corrected chi connectivity index (χ0v) is 32.9. The summed E-state index contributed by atoms with van der Waals surface area (Å²) >= 11 is 0. The van der Waals surface area contributed by atoms with Gasteiger partial charge in [-0.3, -0.25) is 24.6 Å². The molecule has 4 saturated heterocycles. The number of aromatic hydroxyl groups is 1. The number of carbonyl (C=O) groups excluding carboxylic acids is 3. The Morgan fingerprint density at radius 2 is 1.55 bits per heavy atom. The molecule has 2 N–H and O–H groups in total. The molecule has 300 valence electrons. The number of nitrogens with zero attached hydrogens (tertiary/aromatic N) is 8. The monoisotopic (exact) mass is 781 g/mol. The predicted molar refractivity (Wildman–Crippen MR) is 222 cm³/mol. The van der Waals surface area contributed by atoms with Crippen molar-refractivity contribution in [3.8, 4) is 17.0 Å². The minimum absolute atomic E-state index is 0.166. The number of anilines is 2. The molecule has 2 aromatic carbocycles. The molecule has 5 aromatic rings. The van der Waals surface area contributed by atoms with Gasteiger partial charge in [0.15, 0.2) is 0 Å². The van der Waals surface area contributed by atoms with Crippen molar-refractivity contribution in [1.82, 2.24) is 34.9 Å². The van der Waals surface area contributed by atoms with E-state index in [-0.39, 0.29) is 29.4 Å². The number of rotatable bonds is 9. The van der Waals surface area contributed by atoms with E-state index in [1.165, 1.54) is 5.69 Å². The average Bonchev–Trinajstić information content (AvgIpc) is 3.72. The van der Waals surface area contributed by atoms with Crippen LogP contribution in [0, 0.1) is 5.92 Å². The van der Waals surface area contributed by atoms with Crippen LogP contribution in [0.2, 0.25) is 0 Å². The van der Waals surface area contributed by atoms with Crippen LogP contribution in [-0.4, -0.2) is 111 Å². The zero-order chi connectivity index (χ0) is 39.6. The van der Waals surface area contributed by atoms with Crippen LogP contribution in [0.15, 0.2) is 91.3 Å².